The molecule has 2 nitrogen and oxygen atoms in total. The number of hydrogen-bond acceptors (Lipinski definition) is 2. The van der Waals surface area contributed by atoms with Crippen molar-refractivity contribution in [1.82, 2.24) is 0 Å². The molecule has 0 spiro atoms. The minimum absolute atomic E-state index is 0.171. The minimum atomic E-state index is -0.607. The van der Waals surface area contributed by atoms with Crippen LogP contribution >= 0.6 is 27.5 Å². The second-order valence-corrected chi connectivity index (χ2v) is 4.32. The molecule has 15 heavy (non-hydrogen) atoms. The number of alkyl halides is 1. The van der Waals surface area contributed by atoms with E-state index < -0.39 is 6.10 Å². The van der Waals surface area contributed by atoms with Gasteiger partial charge in [0, 0.05) is 22.3 Å². The van der Waals surface area contributed by atoms with Crippen LogP contribution in [0.15, 0.2) is 16.6 Å². The third-order valence-electron chi connectivity index (χ3n) is 2.03. The van der Waals surface area contributed by atoms with Crippen LogP contribution in [0.25, 0.3) is 0 Å². The topological polar surface area (TPSA) is 32.3 Å². The summed E-state index contributed by atoms with van der Waals surface area (Å²) in [6.07, 6.45) is -0.607. The van der Waals surface area contributed by atoms with Crippen LogP contribution in [0.3, 0.4) is 0 Å². The predicted molar refractivity (Wildman–Crippen MR) is 64.1 cm³/mol. The Morgan fingerprint density at radius 2 is 2.27 bits per heavy atom. The van der Waals surface area contributed by atoms with Crippen molar-refractivity contribution in [3.05, 3.63) is 28.0 Å². The second-order valence-electron chi connectivity index (χ2n) is 3.22. The van der Waals surface area contributed by atoms with Gasteiger partial charge in [-0.15, -0.1) is 11.6 Å². The van der Waals surface area contributed by atoms with Crippen LogP contribution in [0.5, 0.6) is 0 Å². The number of benzene rings is 1. The van der Waals surface area contributed by atoms with E-state index in [1.807, 2.05) is 0 Å². The molecule has 0 aliphatic rings. The zero-order valence-corrected chi connectivity index (χ0v) is 10.6. The number of anilines is 1. The van der Waals surface area contributed by atoms with Gasteiger partial charge in [-0.25, -0.2) is 4.39 Å². The molecule has 0 aliphatic carbocycles. The van der Waals surface area contributed by atoms with Crippen LogP contribution in [-0.4, -0.2) is 23.6 Å². The molecule has 1 atom stereocenters. The van der Waals surface area contributed by atoms with Crippen molar-refractivity contribution in [1.29, 1.82) is 0 Å². The number of aliphatic hydroxyl groups excluding tert-OH is 1. The number of halogens is 3. The Kier molecular flexibility index (Phi) is 4.83. The quantitative estimate of drug-likeness (QED) is 0.837. The summed E-state index contributed by atoms with van der Waals surface area (Å²) in [5, 5.41) is 12.2. The van der Waals surface area contributed by atoms with Gasteiger partial charge in [0.1, 0.15) is 5.82 Å². The summed E-state index contributed by atoms with van der Waals surface area (Å²) in [5.74, 6) is -0.0875. The van der Waals surface area contributed by atoms with E-state index >= 15 is 0 Å². The molecule has 0 radical (unpaired) electrons. The third kappa shape index (κ3) is 3.33. The van der Waals surface area contributed by atoms with E-state index in [0.29, 0.717) is 16.6 Å². The van der Waals surface area contributed by atoms with Crippen LogP contribution in [-0.2, 0) is 0 Å². The molecule has 2 N–H and O–H groups in total. The van der Waals surface area contributed by atoms with E-state index in [4.69, 9.17) is 11.6 Å². The third-order valence-corrected chi connectivity index (χ3v) is 3.40. The largest absolute Gasteiger partial charge is 0.390 e. The van der Waals surface area contributed by atoms with Gasteiger partial charge in [-0.05, 0) is 35.0 Å². The van der Waals surface area contributed by atoms with Gasteiger partial charge in [0.05, 0.1) is 12.0 Å². The van der Waals surface area contributed by atoms with Crippen molar-refractivity contribution >= 4 is 33.2 Å². The van der Waals surface area contributed by atoms with Gasteiger partial charge in [-0.2, -0.15) is 0 Å². The van der Waals surface area contributed by atoms with Crippen molar-refractivity contribution < 1.29 is 9.50 Å². The first kappa shape index (κ1) is 12.7. The summed E-state index contributed by atoms with van der Waals surface area (Å²) in [7, 11) is 0. The second kappa shape index (κ2) is 5.68. The summed E-state index contributed by atoms with van der Waals surface area (Å²) in [6.45, 7) is 2.02. The Bertz CT molecular complexity index is 348. The fourth-order valence-electron chi connectivity index (χ4n) is 1.08. The van der Waals surface area contributed by atoms with Crippen LogP contribution < -0.4 is 5.32 Å². The molecule has 0 aromatic heterocycles. The summed E-state index contributed by atoms with van der Waals surface area (Å²) < 4.78 is 13.8. The van der Waals surface area contributed by atoms with Crippen LogP contribution in [0.1, 0.15) is 5.56 Å². The lowest BCUT2D eigenvalue weighted by Crippen LogP contribution is -2.21. The normalized spacial score (nSPS) is 12.6. The molecule has 0 aliphatic heterocycles. The van der Waals surface area contributed by atoms with Crippen LogP contribution in [0.4, 0.5) is 10.1 Å². The first-order valence-corrected chi connectivity index (χ1v) is 5.81. The molecule has 1 rings (SSSR count). The minimum Gasteiger partial charge on any atom is -0.390 e. The summed E-state index contributed by atoms with van der Waals surface area (Å²) >= 11 is 8.74. The van der Waals surface area contributed by atoms with E-state index in [0.717, 1.165) is 5.69 Å². The molecular formula is C10H12BrClFNO. The Hall–Kier alpha value is -0.320. The van der Waals surface area contributed by atoms with Gasteiger partial charge in [-0.1, -0.05) is 0 Å². The zero-order valence-electron chi connectivity index (χ0n) is 8.23. The highest BCUT2D eigenvalue weighted by atomic mass is 79.9. The van der Waals surface area contributed by atoms with E-state index in [2.05, 4.69) is 21.2 Å². The Labute approximate surface area is 102 Å². The Morgan fingerprint density at radius 1 is 1.60 bits per heavy atom. The van der Waals surface area contributed by atoms with Gasteiger partial charge in [-0.3, -0.25) is 0 Å². The maximum Gasteiger partial charge on any atom is 0.127 e. The molecule has 0 bridgehead atoms. The van der Waals surface area contributed by atoms with Crippen molar-refractivity contribution in [2.75, 3.05) is 17.7 Å². The summed E-state index contributed by atoms with van der Waals surface area (Å²) in [5.41, 5.74) is 1.29. The molecule has 0 fully saturated rings. The number of aliphatic hydroxyl groups is 1. The first-order valence-electron chi connectivity index (χ1n) is 4.48. The molecule has 84 valence electrons. The lowest BCUT2D eigenvalue weighted by atomic mass is 10.2. The van der Waals surface area contributed by atoms with Gasteiger partial charge in [0.15, 0.2) is 0 Å². The van der Waals surface area contributed by atoms with Gasteiger partial charge in [0.25, 0.3) is 0 Å². The van der Waals surface area contributed by atoms with E-state index in [1.54, 1.807) is 13.0 Å². The smallest absolute Gasteiger partial charge is 0.127 e. The average Bonchev–Trinajstić information content (AvgIpc) is 2.24. The number of hydrogen-bond donors (Lipinski definition) is 2. The fourth-order valence-corrected chi connectivity index (χ4v) is 1.65. The number of rotatable bonds is 4. The van der Waals surface area contributed by atoms with Gasteiger partial charge >= 0.3 is 0 Å². The van der Waals surface area contributed by atoms with Crippen molar-refractivity contribution in [2.45, 2.75) is 13.0 Å². The highest BCUT2D eigenvalue weighted by molar-refractivity contribution is 9.10. The summed E-state index contributed by atoms with van der Waals surface area (Å²) in [6, 6.07) is 3.00. The molecule has 5 heteroatoms. The highest BCUT2D eigenvalue weighted by Gasteiger charge is 2.08. The molecule has 0 saturated heterocycles. The molecule has 0 saturated carbocycles. The lowest BCUT2D eigenvalue weighted by Gasteiger charge is -2.13. The molecule has 0 amide bonds. The monoisotopic (exact) mass is 295 g/mol. The molecule has 1 aromatic carbocycles. The van der Waals surface area contributed by atoms with Crippen molar-refractivity contribution in [3.63, 3.8) is 0 Å². The lowest BCUT2D eigenvalue weighted by molar-refractivity contribution is 0.211. The fraction of sp³-hybridized carbons (Fsp3) is 0.400. The van der Waals surface area contributed by atoms with Crippen molar-refractivity contribution in [2.24, 2.45) is 0 Å². The Balaban J connectivity index is 2.74. The molecule has 1 unspecified atom stereocenters. The van der Waals surface area contributed by atoms with E-state index in [9.17, 15) is 9.50 Å². The first-order chi connectivity index (χ1) is 7.06. The highest BCUT2D eigenvalue weighted by Crippen LogP contribution is 2.27. The maximum atomic E-state index is 13.1. The zero-order chi connectivity index (χ0) is 11.4. The van der Waals surface area contributed by atoms with Crippen molar-refractivity contribution in [3.8, 4) is 0 Å². The van der Waals surface area contributed by atoms with E-state index in [1.165, 1.54) is 6.07 Å². The maximum absolute atomic E-state index is 13.1. The summed E-state index contributed by atoms with van der Waals surface area (Å²) in [4.78, 5) is 0. The molecule has 0 heterocycles. The van der Waals surface area contributed by atoms with Crippen LogP contribution in [0.2, 0.25) is 0 Å². The average molecular weight is 297 g/mol. The predicted octanol–water partition coefficient (Wildman–Crippen LogP) is 2.91. The molecular weight excluding hydrogens is 284 g/mol. The molecule has 1 aromatic rings. The SMILES string of the molecule is Cc1c(F)ccc(NCC(O)CCl)c1Br. The van der Waals surface area contributed by atoms with Crippen LogP contribution in [0, 0.1) is 12.7 Å². The van der Waals surface area contributed by atoms with Gasteiger partial charge < -0.3 is 10.4 Å². The Morgan fingerprint density at radius 3 is 2.87 bits per heavy atom. The standard InChI is InChI=1S/C10H12BrClFNO/c1-6-8(13)2-3-9(10(6)11)14-5-7(15)4-12/h2-3,7,14-15H,4-5H2,1H3. The van der Waals surface area contributed by atoms with E-state index in [-0.39, 0.29) is 11.7 Å². The number of nitrogens with one attached hydrogen (secondary N) is 1. The van der Waals surface area contributed by atoms with Gasteiger partial charge in [0.2, 0.25) is 0 Å².